The zero-order chi connectivity index (χ0) is 16.3. The van der Waals surface area contributed by atoms with Gasteiger partial charge in [0.15, 0.2) is 0 Å². The first kappa shape index (κ1) is 16.1. The van der Waals surface area contributed by atoms with Crippen LogP contribution in [0.25, 0.3) is 0 Å². The Morgan fingerprint density at radius 1 is 1.39 bits per heavy atom. The number of nitrogens with zero attached hydrogens (tertiary/aromatic N) is 5. The zero-order valence-corrected chi connectivity index (χ0v) is 13.9. The quantitative estimate of drug-likeness (QED) is 0.849. The van der Waals surface area contributed by atoms with Gasteiger partial charge >= 0.3 is 0 Å². The van der Waals surface area contributed by atoms with Crippen LogP contribution in [0.2, 0.25) is 0 Å². The molecule has 1 atom stereocenters. The molecule has 0 unspecified atom stereocenters. The van der Waals surface area contributed by atoms with E-state index in [4.69, 9.17) is 5.10 Å². The van der Waals surface area contributed by atoms with E-state index in [9.17, 15) is 5.11 Å². The molecule has 23 heavy (non-hydrogen) atoms. The summed E-state index contributed by atoms with van der Waals surface area (Å²) in [5.74, 6) is 0. The number of aliphatic hydroxyl groups is 1. The van der Waals surface area contributed by atoms with Crippen molar-refractivity contribution in [2.45, 2.75) is 57.7 Å². The Morgan fingerprint density at radius 3 is 2.91 bits per heavy atom. The maximum atomic E-state index is 10.9. The third kappa shape index (κ3) is 3.45. The molecule has 0 amide bonds. The molecule has 0 saturated carbocycles. The maximum absolute atomic E-state index is 10.9. The lowest BCUT2D eigenvalue weighted by Crippen LogP contribution is -2.46. The second kappa shape index (κ2) is 6.80. The van der Waals surface area contributed by atoms with Gasteiger partial charge in [-0.25, -0.2) is 0 Å². The molecule has 0 radical (unpaired) electrons. The molecule has 0 bridgehead atoms. The molecule has 7 heteroatoms. The first-order valence-corrected chi connectivity index (χ1v) is 8.49. The average Bonchev–Trinajstić information content (AvgIpc) is 3.21. The summed E-state index contributed by atoms with van der Waals surface area (Å²) in [6.07, 6.45) is 7.53. The van der Waals surface area contributed by atoms with Crippen LogP contribution >= 0.6 is 0 Å². The molecule has 2 aromatic rings. The van der Waals surface area contributed by atoms with Gasteiger partial charge in [-0.15, -0.1) is 0 Å². The van der Waals surface area contributed by atoms with Crippen molar-refractivity contribution < 1.29 is 5.11 Å². The summed E-state index contributed by atoms with van der Waals surface area (Å²) in [6, 6.07) is 2.55. The fourth-order valence-electron chi connectivity index (χ4n) is 3.45. The number of likely N-dealkylation sites (tertiary alicyclic amines) is 1. The number of hydrogen-bond donors (Lipinski definition) is 2. The lowest BCUT2D eigenvalue weighted by Gasteiger charge is -2.37. The highest BCUT2D eigenvalue weighted by Crippen LogP contribution is 2.30. The van der Waals surface area contributed by atoms with Crippen molar-refractivity contribution in [1.29, 1.82) is 0 Å². The zero-order valence-electron chi connectivity index (χ0n) is 13.9. The lowest BCUT2D eigenvalue weighted by atomic mass is 9.90. The smallest absolute Gasteiger partial charge is 0.123 e. The first-order chi connectivity index (χ1) is 11.1. The van der Waals surface area contributed by atoms with Gasteiger partial charge in [-0.05, 0) is 38.3 Å². The van der Waals surface area contributed by atoms with Crippen LogP contribution in [0.15, 0.2) is 18.5 Å². The van der Waals surface area contributed by atoms with Gasteiger partial charge in [0.2, 0.25) is 0 Å². The Bertz CT molecular complexity index is 606. The van der Waals surface area contributed by atoms with E-state index in [-0.39, 0.29) is 0 Å². The van der Waals surface area contributed by atoms with Crippen molar-refractivity contribution >= 4 is 0 Å². The predicted molar refractivity (Wildman–Crippen MR) is 86.6 cm³/mol. The summed E-state index contributed by atoms with van der Waals surface area (Å²) in [4.78, 5) is 2.25. The molecular formula is C16H26N6O. The molecule has 0 aromatic carbocycles. The number of nitrogens with one attached hydrogen (secondary N) is 1. The summed E-state index contributed by atoms with van der Waals surface area (Å²) in [5, 5.41) is 26.1. The monoisotopic (exact) mass is 318 g/mol. The van der Waals surface area contributed by atoms with Crippen LogP contribution in [0.3, 0.4) is 0 Å². The molecule has 1 fully saturated rings. The Labute approximate surface area is 136 Å². The number of aromatic nitrogens is 5. The molecule has 1 aliphatic rings. The number of hydrogen-bond acceptors (Lipinski definition) is 5. The van der Waals surface area contributed by atoms with Gasteiger partial charge in [0.05, 0.1) is 17.9 Å². The van der Waals surface area contributed by atoms with E-state index in [1.165, 1.54) is 0 Å². The van der Waals surface area contributed by atoms with E-state index in [1.54, 1.807) is 6.20 Å². The van der Waals surface area contributed by atoms with E-state index in [2.05, 4.69) is 51.1 Å². The van der Waals surface area contributed by atoms with Crippen molar-refractivity contribution in [3.05, 3.63) is 29.8 Å². The molecule has 0 aliphatic carbocycles. The normalized spacial score (nSPS) is 22.8. The van der Waals surface area contributed by atoms with E-state index in [1.807, 2.05) is 0 Å². The topological polar surface area (TPSA) is 82.9 Å². The SMILES string of the molecule is CCC(CC)n1ccc(CN2CCC[C@@](O)(c3cn[nH]n3)C2)n1. The van der Waals surface area contributed by atoms with Crippen molar-refractivity contribution in [3.8, 4) is 0 Å². The van der Waals surface area contributed by atoms with Gasteiger partial charge in [0.25, 0.3) is 0 Å². The second-order valence-electron chi connectivity index (χ2n) is 6.46. The van der Waals surface area contributed by atoms with Crippen molar-refractivity contribution in [2.75, 3.05) is 13.1 Å². The minimum atomic E-state index is -0.914. The van der Waals surface area contributed by atoms with Gasteiger partial charge < -0.3 is 5.11 Å². The summed E-state index contributed by atoms with van der Waals surface area (Å²) >= 11 is 0. The van der Waals surface area contributed by atoms with E-state index >= 15 is 0 Å². The Morgan fingerprint density at radius 2 is 2.22 bits per heavy atom. The highest BCUT2D eigenvalue weighted by Gasteiger charge is 2.37. The minimum absolute atomic E-state index is 0.470. The fourth-order valence-corrected chi connectivity index (χ4v) is 3.45. The van der Waals surface area contributed by atoms with E-state index in [0.29, 0.717) is 18.3 Å². The summed E-state index contributed by atoms with van der Waals surface area (Å²) < 4.78 is 2.07. The maximum Gasteiger partial charge on any atom is 0.123 e. The van der Waals surface area contributed by atoms with Crippen LogP contribution in [0.4, 0.5) is 0 Å². The van der Waals surface area contributed by atoms with Gasteiger partial charge in [-0.1, -0.05) is 13.8 Å². The third-order valence-electron chi connectivity index (χ3n) is 4.81. The van der Waals surface area contributed by atoms with Gasteiger partial charge in [-0.3, -0.25) is 9.58 Å². The van der Waals surface area contributed by atoms with Crippen LogP contribution < -0.4 is 0 Å². The predicted octanol–water partition coefficient (Wildman–Crippen LogP) is 1.85. The summed E-state index contributed by atoms with van der Waals surface area (Å²) in [7, 11) is 0. The fraction of sp³-hybridized carbons (Fsp3) is 0.688. The van der Waals surface area contributed by atoms with Gasteiger partial charge in [-0.2, -0.15) is 20.5 Å². The number of H-pyrrole nitrogens is 1. The van der Waals surface area contributed by atoms with Crippen LogP contribution in [0.1, 0.15) is 57.0 Å². The van der Waals surface area contributed by atoms with E-state index < -0.39 is 5.60 Å². The molecule has 1 saturated heterocycles. The standard InChI is InChI=1S/C16H26N6O/c1-3-14(4-2)22-9-6-13(19-22)11-21-8-5-7-16(23,12-21)15-10-17-20-18-15/h6,9-10,14,23H,3-5,7-8,11-12H2,1-2H3,(H,17,18,20)/t16-/m0/s1. The average molecular weight is 318 g/mol. The van der Waals surface area contributed by atoms with E-state index in [0.717, 1.165) is 44.5 Å². The minimum Gasteiger partial charge on any atom is -0.382 e. The lowest BCUT2D eigenvalue weighted by molar-refractivity contribution is -0.0417. The summed E-state index contributed by atoms with van der Waals surface area (Å²) in [5.41, 5.74) is 0.773. The molecule has 126 valence electrons. The highest BCUT2D eigenvalue weighted by molar-refractivity contribution is 5.09. The van der Waals surface area contributed by atoms with Crippen LogP contribution in [0, 0.1) is 0 Å². The molecule has 3 heterocycles. The summed E-state index contributed by atoms with van der Waals surface area (Å²) in [6.45, 7) is 6.68. The second-order valence-corrected chi connectivity index (χ2v) is 6.46. The van der Waals surface area contributed by atoms with Crippen molar-refractivity contribution in [3.63, 3.8) is 0 Å². The third-order valence-corrected chi connectivity index (χ3v) is 4.81. The van der Waals surface area contributed by atoms with Crippen LogP contribution in [-0.2, 0) is 12.1 Å². The molecule has 3 rings (SSSR count). The van der Waals surface area contributed by atoms with Crippen molar-refractivity contribution in [2.24, 2.45) is 0 Å². The number of piperidine rings is 1. The molecule has 7 nitrogen and oxygen atoms in total. The Hall–Kier alpha value is -1.73. The largest absolute Gasteiger partial charge is 0.382 e. The van der Waals surface area contributed by atoms with Crippen LogP contribution in [0.5, 0.6) is 0 Å². The van der Waals surface area contributed by atoms with Crippen LogP contribution in [-0.4, -0.2) is 48.3 Å². The van der Waals surface area contributed by atoms with Gasteiger partial charge in [0.1, 0.15) is 11.3 Å². The van der Waals surface area contributed by atoms with Crippen molar-refractivity contribution in [1.82, 2.24) is 30.1 Å². The number of aromatic amines is 1. The number of rotatable bonds is 6. The number of β-amino-alcohol motifs (C(OH)–C–C–N with tert-alkyl or cyclic N) is 1. The Kier molecular flexibility index (Phi) is 4.77. The van der Waals surface area contributed by atoms with Gasteiger partial charge in [0, 0.05) is 19.3 Å². The Balaban J connectivity index is 1.66. The molecule has 0 spiro atoms. The molecule has 1 aliphatic heterocycles. The molecule has 2 N–H and O–H groups in total. The molecule has 2 aromatic heterocycles. The first-order valence-electron chi connectivity index (χ1n) is 8.49. The highest BCUT2D eigenvalue weighted by atomic mass is 16.3. The molecular weight excluding hydrogens is 292 g/mol.